The van der Waals surface area contributed by atoms with Gasteiger partial charge in [0, 0.05) is 19.3 Å². The molecule has 0 aliphatic heterocycles. The monoisotopic (exact) mass is 1060 g/mol. The summed E-state index contributed by atoms with van der Waals surface area (Å²) in [6.45, 7) is 6.56. The Labute approximate surface area is 472 Å². The van der Waals surface area contributed by atoms with Crippen molar-refractivity contribution in [1.29, 1.82) is 0 Å². The van der Waals surface area contributed by atoms with Gasteiger partial charge in [-0.05, 0) is 89.9 Å². The Kier molecular flexibility index (Phi) is 61.7. The Morgan fingerprint density at radius 1 is 0.276 bits per heavy atom. The number of hydrogen-bond acceptors (Lipinski definition) is 6. The van der Waals surface area contributed by atoms with Crippen molar-refractivity contribution in [1.82, 2.24) is 0 Å². The molecule has 0 aliphatic rings. The van der Waals surface area contributed by atoms with Crippen LogP contribution in [0.5, 0.6) is 0 Å². The predicted octanol–water partition coefficient (Wildman–Crippen LogP) is 22.5. The summed E-state index contributed by atoms with van der Waals surface area (Å²) in [6.07, 6.45) is 83.4. The minimum atomic E-state index is -0.778. The fourth-order valence-electron chi connectivity index (χ4n) is 9.53. The molecule has 0 heterocycles. The van der Waals surface area contributed by atoms with Crippen LogP contribution in [0.2, 0.25) is 0 Å². The van der Waals surface area contributed by atoms with Crippen molar-refractivity contribution in [2.24, 2.45) is 0 Å². The third-order valence-corrected chi connectivity index (χ3v) is 14.4. The molecule has 0 radical (unpaired) electrons. The lowest BCUT2D eigenvalue weighted by molar-refractivity contribution is -0.167. The van der Waals surface area contributed by atoms with Gasteiger partial charge in [-0.2, -0.15) is 0 Å². The summed E-state index contributed by atoms with van der Waals surface area (Å²) < 4.78 is 16.9. The van der Waals surface area contributed by atoms with E-state index in [1.807, 2.05) is 0 Å². The SMILES string of the molecule is CC/C=C\C/C=C\C/C=C\C/C=C\C/C=C\CCCCCCCCCCCCCCCC(=O)OCC(COC(=O)CCCCCCCCCCCCCCC)OC(=O)CCCCCCC/C=C\CCCCCCCCC. The highest BCUT2D eigenvalue weighted by Gasteiger charge is 2.19. The molecule has 0 bridgehead atoms. The van der Waals surface area contributed by atoms with E-state index >= 15 is 0 Å². The van der Waals surface area contributed by atoms with Crippen LogP contribution in [0.3, 0.4) is 0 Å². The summed E-state index contributed by atoms with van der Waals surface area (Å²) in [5, 5.41) is 0. The Balaban J connectivity index is 4.23. The molecule has 0 fully saturated rings. The van der Waals surface area contributed by atoms with E-state index in [2.05, 4.69) is 93.7 Å². The van der Waals surface area contributed by atoms with Gasteiger partial charge in [0.05, 0.1) is 0 Å². The number of hydrogen-bond donors (Lipinski definition) is 0. The van der Waals surface area contributed by atoms with E-state index in [0.29, 0.717) is 19.3 Å². The van der Waals surface area contributed by atoms with Gasteiger partial charge >= 0.3 is 17.9 Å². The second-order valence-corrected chi connectivity index (χ2v) is 22.0. The van der Waals surface area contributed by atoms with E-state index in [1.165, 1.54) is 199 Å². The normalized spacial score (nSPS) is 12.5. The highest BCUT2D eigenvalue weighted by Crippen LogP contribution is 2.17. The van der Waals surface area contributed by atoms with Crippen molar-refractivity contribution >= 4 is 17.9 Å². The van der Waals surface area contributed by atoms with Crippen LogP contribution >= 0.6 is 0 Å². The molecule has 0 aliphatic carbocycles. The fraction of sp³-hybridized carbons (Fsp3) is 0.786. The lowest BCUT2D eigenvalue weighted by atomic mass is 10.0. The van der Waals surface area contributed by atoms with E-state index in [4.69, 9.17) is 14.2 Å². The van der Waals surface area contributed by atoms with E-state index in [9.17, 15) is 14.4 Å². The van der Waals surface area contributed by atoms with Gasteiger partial charge in [0.15, 0.2) is 6.10 Å². The lowest BCUT2D eigenvalue weighted by Gasteiger charge is -2.18. The van der Waals surface area contributed by atoms with Crippen LogP contribution in [-0.2, 0) is 28.6 Å². The highest BCUT2D eigenvalue weighted by molar-refractivity contribution is 5.71. The number of rotatable bonds is 60. The zero-order valence-corrected chi connectivity index (χ0v) is 50.5. The maximum atomic E-state index is 12.9. The van der Waals surface area contributed by atoms with Gasteiger partial charge in [-0.15, -0.1) is 0 Å². The Bertz CT molecular complexity index is 1400. The molecule has 0 aromatic heterocycles. The summed E-state index contributed by atoms with van der Waals surface area (Å²) in [6, 6.07) is 0. The Morgan fingerprint density at radius 2 is 0.513 bits per heavy atom. The molecule has 6 nitrogen and oxygen atoms in total. The molecule has 0 saturated heterocycles. The van der Waals surface area contributed by atoms with Crippen LogP contribution in [0.4, 0.5) is 0 Å². The molecular weight excluding hydrogens is 937 g/mol. The molecule has 0 aromatic rings. The van der Waals surface area contributed by atoms with Crippen molar-refractivity contribution in [2.75, 3.05) is 13.2 Å². The maximum Gasteiger partial charge on any atom is 0.306 e. The third kappa shape index (κ3) is 61.7. The zero-order chi connectivity index (χ0) is 55.0. The molecule has 0 rings (SSSR count). The van der Waals surface area contributed by atoms with Gasteiger partial charge in [0.2, 0.25) is 0 Å². The molecule has 76 heavy (non-hydrogen) atoms. The number of ether oxygens (including phenoxy) is 3. The molecule has 440 valence electrons. The Hall–Kier alpha value is -3.15. The van der Waals surface area contributed by atoms with E-state index < -0.39 is 6.10 Å². The largest absolute Gasteiger partial charge is 0.462 e. The van der Waals surface area contributed by atoms with Crippen molar-refractivity contribution < 1.29 is 28.6 Å². The molecule has 0 saturated carbocycles. The summed E-state index contributed by atoms with van der Waals surface area (Å²) in [4.78, 5) is 38.3. The Morgan fingerprint density at radius 3 is 0.816 bits per heavy atom. The number of esters is 3. The predicted molar refractivity (Wildman–Crippen MR) is 330 cm³/mol. The van der Waals surface area contributed by atoms with E-state index in [0.717, 1.165) is 96.3 Å². The van der Waals surface area contributed by atoms with Crippen LogP contribution in [0.25, 0.3) is 0 Å². The van der Waals surface area contributed by atoms with Crippen molar-refractivity contribution in [2.45, 2.75) is 341 Å². The summed E-state index contributed by atoms with van der Waals surface area (Å²) >= 11 is 0. The zero-order valence-electron chi connectivity index (χ0n) is 50.5. The average Bonchev–Trinajstić information content (AvgIpc) is 3.42. The van der Waals surface area contributed by atoms with Crippen LogP contribution < -0.4 is 0 Å². The van der Waals surface area contributed by atoms with Crippen LogP contribution in [-0.4, -0.2) is 37.2 Å². The number of carbonyl (C=O) groups excluding carboxylic acids is 3. The van der Waals surface area contributed by atoms with Gasteiger partial charge in [0.25, 0.3) is 0 Å². The number of carbonyl (C=O) groups is 3. The quantitative estimate of drug-likeness (QED) is 0.0261. The van der Waals surface area contributed by atoms with Gasteiger partial charge in [-0.25, -0.2) is 0 Å². The first-order valence-electron chi connectivity index (χ1n) is 32.9. The second-order valence-electron chi connectivity index (χ2n) is 22.0. The molecule has 6 heteroatoms. The molecule has 1 atom stereocenters. The first-order chi connectivity index (χ1) is 37.5. The number of allylic oxidation sites excluding steroid dienone is 12. The van der Waals surface area contributed by atoms with Gasteiger partial charge in [-0.3, -0.25) is 14.4 Å². The van der Waals surface area contributed by atoms with Crippen LogP contribution in [0.15, 0.2) is 72.9 Å². The maximum absolute atomic E-state index is 12.9. The summed E-state index contributed by atoms with van der Waals surface area (Å²) in [5.41, 5.74) is 0. The standard InChI is InChI=1S/C70H124O6/c1-4-7-10-13-16-19-22-25-27-29-30-31-32-33-34-35-36-37-38-39-40-41-43-45-48-51-54-57-60-63-69(72)75-66-67(65-74-68(71)62-59-56-53-50-47-44-24-21-18-15-12-9-6-3)76-70(73)64-61-58-55-52-49-46-42-28-26-23-20-17-14-11-8-5-2/h7,10,16,19,25,27-28,30-31,33-34,42,67H,4-6,8-9,11-15,17-18,20-24,26,29,32,35-41,43-66H2,1-3H3/b10-7-,19-16-,27-25-,31-30-,34-33-,42-28-. The highest BCUT2D eigenvalue weighted by atomic mass is 16.6. The molecule has 0 N–H and O–H groups in total. The molecule has 0 aromatic carbocycles. The minimum Gasteiger partial charge on any atom is -0.462 e. The number of unbranched alkanes of at least 4 members (excludes halogenated alkanes) is 37. The average molecular weight is 1060 g/mol. The molecule has 1 unspecified atom stereocenters. The molecule has 0 spiro atoms. The van der Waals surface area contributed by atoms with Gasteiger partial charge < -0.3 is 14.2 Å². The summed E-state index contributed by atoms with van der Waals surface area (Å²) in [7, 11) is 0. The smallest absolute Gasteiger partial charge is 0.306 e. The fourth-order valence-corrected chi connectivity index (χ4v) is 9.53. The van der Waals surface area contributed by atoms with Crippen LogP contribution in [0, 0.1) is 0 Å². The first kappa shape index (κ1) is 72.8. The van der Waals surface area contributed by atoms with Crippen molar-refractivity contribution in [3.63, 3.8) is 0 Å². The molecule has 0 amide bonds. The molecular formula is C70H124O6. The third-order valence-electron chi connectivity index (χ3n) is 14.4. The van der Waals surface area contributed by atoms with Gasteiger partial charge in [0.1, 0.15) is 13.2 Å². The summed E-state index contributed by atoms with van der Waals surface area (Å²) in [5.74, 6) is -0.866. The lowest BCUT2D eigenvalue weighted by Crippen LogP contribution is -2.30. The van der Waals surface area contributed by atoms with E-state index in [-0.39, 0.29) is 31.1 Å². The van der Waals surface area contributed by atoms with Crippen molar-refractivity contribution in [3.05, 3.63) is 72.9 Å². The first-order valence-corrected chi connectivity index (χ1v) is 32.9. The topological polar surface area (TPSA) is 78.9 Å². The van der Waals surface area contributed by atoms with Gasteiger partial charge in [-0.1, -0.05) is 299 Å². The van der Waals surface area contributed by atoms with E-state index in [1.54, 1.807) is 0 Å². The van der Waals surface area contributed by atoms with Crippen LogP contribution in [0.1, 0.15) is 335 Å². The van der Waals surface area contributed by atoms with Crippen molar-refractivity contribution in [3.8, 4) is 0 Å². The second kappa shape index (κ2) is 64.4. The minimum absolute atomic E-state index is 0.0742.